The topological polar surface area (TPSA) is 79.4 Å². The summed E-state index contributed by atoms with van der Waals surface area (Å²) in [7, 11) is -3.61. The number of pyridine rings is 1. The highest BCUT2D eigenvalue weighted by Crippen LogP contribution is 2.26. The van der Waals surface area contributed by atoms with Crippen LogP contribution in [0.5, 0.6) is 0 Å². The molecule has 0 bridgehead atoms. The van der Waals surface area contributed by atoms with Crippen molar-refractivity contribution in [3.63, 3.8) is 0 Å². The van der Waals surface area contributed by atoms with Gasteiger partial charge in [-0.3, -0.25) is 4.79 Å². The van der Waals surface area contributed by atoms with E-state index >= 15 is 0 Å². The van der Waals surface area contributed by atoms with E-state index in [0.717, 1.165) is 30.0 Å². The maximum absolute atomic E-state index is 13.0. The van der Waals surface area contributed by atoms with Gasteiger partial charge in [0.1, 0.15) is 0 Å². The molecule has 1 amide bonds. The number of rotatable bonds is 6. The second-order valence-electron chi connectivity index (χ2n) is 6.76. The summed E-state index contributed by atoms with van der Waals surface area (Å²) < 4.78 is 27.6. The molecule has 1 atom stereocenters. The van der Waals surface area contributed by atoms with Crippen LogP contribution < -0.4 is 5.32 Å². The minimum Gasteiger partial charge on any atom is -0.321 e. The van der Waals surface area contributed by atoms with Crippen molar-refractivity contribution in [1.82, 2.24) is 9.29 Å². The van der Waals surface area contributed by atoms with Gasteiger partial charge < -0.3 is 5.32 Å². The predicted molar refractivity (Wildman–Crippen MR) is 112 cm³/mol. The molecule has 8 heteroatoms. The maximum Gasteiger partial charge on any atom is 0.255 e. The van der Waals surface area contributed by atoms with E-state index in [1.165, 1.54) is 6.07 Å². The molecule has 6 nitrogen and oxygen atoms in total. The second-order valence-corrected chi connectivity index (χ2v) is 9.94. The molecular weight excluding hydrogens is 394 g/mol. The SMILES string of the molecule is CCSc1ccc(NC(=O)c2cccc(S(=O)(=O)N3CCCCC3C)c2)cn1. The lowest BCUT2D eigenvalue weighted by molar-refractivity contribution is 0.102. The average molecular weight is 420 g/mol. The van der Waals surface area contributed by atoms with Gasteiger partial charge in [0.15, 0.2) is 0 Å². The molecule has 150 valence electrons. The van der Waals surface area contributed by atoms with Crippen LogP contribution in [-0.2, 0) is 10.0 Å². The Bertz CT molecular complexity index is 930. The number of aromatic nitrogens is 1. The van der Waals surface area contributed by atoms with Crippen LogP contribution in [0.2, 0.25) is 0 Å². The molecule has 1 fully saturated rings. The fraction of sp³-hybridized carbons (Fsp3) is 0.400. The Morgan fingerprint density at radius 1 is 1.29 bits per heavy atom. The van der Waals surface area contributed by atoms with Gasteiger partial charge in [0.2, 0.25) is 10.0 Å². The average Bonchev–Trinajstić information content (AvgIpc) is 2.70. The summed E-state index contributed by atoms with van der Waals surface area (Å²) in [5.74, 6) is 0.566. The molecule has 3 rings (SSSR count). The fourth-order valence-electron chi connectivity index (χ4n) is 3.25. The Morgan fingerprint density at radius 2 is 2.11 bits per heavy atom. The monoisotopic (exact) mass is 419 g/mol. The van der Waals surface area contributed by atoms with Gasteiger partial charge in [0.25, 0.3) is 5.91 Å². The van der Waals surface area contributed by atoms with E-state index < -0.39 is 10.0 Å². The van der Waals surface area contributed by atoms with E-state index in [4.69, 9.17) is 0 Å². The van der Waals surface area contributed by atoms with E-state index in [1.54, 1.807) is 46.5 Å². The summed E-state index contributed by atoms with van der Waals surface area (Å²) >= 11 is 1.62. The van der Waals surface area contributed by atoms with Gasteiger partial charge in [0, 0.05) is 18.2 Å². The first-order chi connectivity index (χ1) is 13.4. The fourth-order valence-corrected chi connectivity index (χ4v) is 5.59. The summed E-state index contributed by atoms with van der Waals surface area (Å²) in [6.07, 6.45) is 4.37. The van der Waals surface area contributed by atoms with Crippen molar-refractivity contribution in [3.05, 3.63) is 48.2 Å². The number of carbonyl (C=O) groups is 1. The summed E-state index contributed by atoms with van der Waals surface area (Å²) in [6.45, 7) is 4.50. The van der Waals surface area contributed by atoms with Gasteiger partial charge in [-0.1, -0.05) is 19.4 Å². The number of nitrogens with zero attached hydrogens (tertiary/aromatic N) is 2. The van der Waals surface area contributed by atoms with Crippen LogP contribution in [0.25, 0.3) is 0 Å². The third kappa shape index (κ3) is 4.74. The zero-order chi connectivity index (χ0) is 20.1. The number of hydrogen-bond acceptors (Lipinski definition) is 5. The van der Waals surface area contributed by atoms with E-state index in [-0.39, 0.29) is 16.8 Å². The van der Waals surface area contributed by atoms with Gasteiger partial charge in [-0.25, -0.2) is 13.4 Å². The lowest BCUT2D eigenvalue weighted by Crippen LogP contribution is -2.41. The lowest BCUT2D eigenvalue weighted by Gasteiger charge is -2.32. The highest BCUT2D eigenvalue weighted by Gasteiger charge is 2.31. The van der Waals surface area contributed by atoms with Crippen LogP contribution >= 0.6 is 11.8 Å². The largest absolute Gasteiger partial charge is 0.321 e. The van der Waals surface area contributed by atoms with E-state index in [0.29, 0.717) is 17.8 Å². The van der Waals surface area contributed by atoms with Crippen molar-refractivity contribution < 1.29 is 13.2 Å². The van der Waals surface area contributed by atoms with Crippen molar-refractivity contribution in [2.24, 2.45) is 0 Å². The second kappa shape index (κ2) is 9.07. The molecule has 1 aromatic carbocycles. The standard InChI is InChI=1S/C20H25N3O3S2/c1-3-27-19-11-10-17(14-21-19)22-20(24)16-8-6-9-18(13-16)28(25,26)23-12-5-4-7-15(23)2/h6,8-11,13-15H,3-5,7,12H2,1-2H3,(H,22,24). The summed E-state index contributed by atoms with van der Waals surface area (Å²) in [5.41, 5.74) is 0.876. The van der Waals surface area contributed by atoms with Gasteiger partial charge in [-0.15, -0.1) is 11.8 Å². The molecule has 0 radical (unpaired) electrons. The molecule has 1 N–H and O–H groups in total. The number of thioether (sulfide) groups is 1. The van der Waals surface area contributed by atoms with Crippen LogP contribution in [0, 0.1) is 0 Å². The maximum atomic E-state index is 13.0. The third-order valence-corrected chi connectivity index (χ3v) is 7.57. The zero-order valence-corrected chi connectivity index (χ0v) is 17.7. The third-order valence-electron chi connectivity index (χ3n) is 4.73. The molecule has 1 saturated heterocycles. The van der Waals surface area contributed by atoms with Crippen LogP contribution in [-0.4, -0.2) is 42.0 Å². The van der Waals surface area contributed by atoms with Crippen LogP contribution in [0.4, 0.5) is 5.69 Å². The first kappa shape index (κ1) is 20.8. The van der Waals surface area contributed by atoms with E-state index in [9.17, 15) is 13.2 Å². The van der Waals surface area contributed by atoms with Crippen molar-refractivity contribution in [1.29, 1.82) is 0 Å². The molecular formula is C20H25N3O3S2. The minimum atomic E-state index is -3.61. The van der Waals surface area contributed by atoms with Crippen LogP contribution in [0.3, 0.4) is 0 Å². The van der Waals surface area contributed by atoms with Crippen molar-refractivity contribution in [2.75, 3.05) is 17.6 Å². The number of nitrogens with one attached hydrogen (secondary N) is 1. The van der Waals surface area contributed by atoms with E-state index in [2.05, 4.69) is 10.3 Å². The minimum absolute atomic E-state index is 0.0261. The normalized spacial score (nSPS) is 18.0. The first-order valence-electron chi connectivity index (χ1n) is 9.44. The van der Waals surface area contributed by atoms with Gasteiger partial charge >= 0.3 is 0 Å². The molecule has 0 spiro atoms. The van der Waals surface area contributed by atoms with Crippen molar-refractivity contribution in [2.45, 2.75) is 49.1 Å². The summed E-state index contributed by atoms with van der Waals surface area (Å²) in [6, 6.07) is 9.83. The molecule has 0 aliphatic carbocycles. The molecule has 1 aromatic heterocycles. The van der Waals surface area contributed by atoms with Crippen LogP contribution in [0.15, 0.2) is 52.5 Å². The Kier molecular flexibility index (Phi) is 6.74. The van der Waals surface area contributed by atoms with Crippen LogP contribution in [0.1, 0.15) is 43.5 Å². The van der Waals surface area contributed by atoms with Crippen molar-refractivity contribution in [3.8, 4) is 0 Å². The number of piperidine rings is 1. The molecule has 1 aliphatic heterocycles. The lowest BCUT2D eigenvalue weighted by atomic mass is 10.1. The number of carbonyl (C=O) groups excluding carboxylic acids is 1. The number of anilines is 1. The highest BCUT2D eigenvalue weighted by molar-refractivity contribution is 7.99. The quantitative estimate of drug-likeness (QED) is 0.716. The summed E-state index contributed by atoms with van der Waals surface area (Å²) in [5, 5.41) is 3.67. The Morgan fingerprint density at radius 3 is 2.79 bits per heavy atom. The number of amides is 1. The first-order valence-corrected chi connectivity index (χ1v) is 11.9. The molecule has 2 heterocycles. The molecule has 1 aliphatic rings. The number of sulfonamides is 1. The number of hydrogen-bond donors (Lipinski definition) is 1. The van der Waals surface area contributed by atoms with Gasteiger partial charge in [-0.2, -0.15) is 4.31 Å². The van der Waals surface area contributed by atoms with E-state index in [1.807, 2.05) is 19.9 Å². The molecule has 1 unspecified atom stereocenters. The zero-order valence-electron chi connectivity index (χ0n) is 16.1. The van der Waals surface area contributed by atoms with Gasteiger partial charge in [-0.05, 0) is 55.9 Å². The molecule has 0 saturated carbocycles. The molecule has 2 aromatic rings. The Balaban J connectivity index is 1.77. The Hall–Kier alpha value is -1.90. The smallest absolute Gasteiger partial charge is 0.255 e. The number of benzene rings is 1. The molecule has 28 heavy (non-hydrogen) atoms. The highest BCUT2D eigenvalue weighted by atomic mass is 32.2. The Labute approximate surface area is 170 Å². The van der Waals surface area contributed by atoms with Crippen molar-refractivity contribution >= 4 is 33.4 Å². The predicted octanol–water partition coefficient (Wildman–Crippen LogP) is 4.01. The van der Waals surface area contributed by atoms with Gasteiger partial charge in [0.05, 0.1) is 21.8 Å². The summed E-state index contributed by atoms with van der Waals surface area (Å²) in [4.78, 5) is 17.0.